The molecule has 0 aliphatic carbocycles. The van der Waals surface area contributed by atoms with E-state index in [1.54, 1.807) is 6.07 Å². The fraction of sp³-hybridized carbons (Fsp3) is 0.167. The highest BCUT2D eigenvalue weighted by Crippen LogP contribution is 2.23. The van der Waals surface area contributed by atoms with Gasteiger partial charge in [-0.1, -0.05) is 23.9 Å². The summed E-state index contributed by atoms with van der Waals surface area (Å²) in [6, 6.07) is 5.44. The topological polar surface area (TPSA) is 66.9 Å². The Morgan fingerprint density at radius 3 is 3.00 bits per heavy atom. The van der Waals surface area contributed by atoms with Gasteiger partial charge >= 0.3 is 0 Å². The van der Waals surface area contributed by atoms with Crippen molar-refractivity contribution in [1.82, 2.24) is 0 Å². The lowest BCUT2D eigenvalue weighted by atomic mass is 10.2. The predicted octanol–water partition coefficient (Wildman–Crippen LogP) is 3.13. The summed E-state index contributed by atoms with van der Waals surface area (Å²) in [5.41, 5.74) is 7.34. The summed E-state index contributed by atoms with van der Waals surface area (Å²) in [6.45, 7) is 1.54. The van der Waals surface area contributed by atoms with Crippen molar-refractivity contribution in [2.75, 3.05) is 11.5 Å². The molecule has 0 fully saturated rings. The Morgan fingerprint density at radius 2 is 2.35 bits per heavy atom. The Hall–Kier alpha value is -1.38. The Kier molecular flexibility index (Phi) is 5.67. The molecule has 1 rings (SSSR count). The number of anilines is 1. The Labute approximate surface area is 109 Å². The average Bonchev–Trinajstić information content (AvgIpc) is 2.28. The first-order valence-electron chi connectivity index (χ1n) is 4.89. The van der Waals surface area contributed by atoms with Crippen molar-refractivity contribution in [3.05, 3.63) is 29.8 Å². The van der Waals surface area contributed by atoms with Gasteiger partial charge in [-0.2, -0.15) is 5.26 Å². The van der Waals surface area contributed by atoms with Crippen LogP contribution in [0, 0.1) is 10.7 Å². The molecule has 2 N–H and O–H groups in total. The molecule has 0 aromatic heterocycles. The number of nitriles is 1. The molecule has 0 radical (unpaired) electrons. The zero-order valence-corrected chi connectivity index (χ0v) is 11.0. The minimum Gasteiger partial charge on any atom is -0.398 e. The van der Waals surface area contributed by atoms with E-state index in [0.29, 0.717) is 11.4 Å². The lowest BCUT2D eigenvalue weighted by Crippen LogP contribution is -1.89. The molecule has 0 bridgehead atoms. The largest absolute Gasteiger partial charge is 0.398 e. The smallest absolute Gasteiger partial charge is 0.186 e. The number of rotatable bonds is 4. The third-order valence-corrected chi connectivity index (χ3v) is 3.25. The maximum Gasteiger partial charge on any atom is 0.186 e. The molecule has 0 amide bonds. The molecule has 5 heteroatoms. The van der Waals surface area contributed by atoms with Gasteiger partial charge in [-0.15, -0.1) is 0 Å². The molecule has 1 aromatic rings. The van der Waals surface area contributed by atoms with Gasteiger partial charge in [0, 0.05) is 23.3 Å². The number of hydrogen-bond donors (Lipinski definition) is 1. The quantitative estimate of drug-likeness (QED) is 0.514. The predicted molar refractivity (Wildman–Crippen MR) is 74.5 cm³/mol. The number of thiocyanates is 1. The van der Waals surface area contributed by atoms with Crippen LogP contribution in [0.25, 0.3) is 6.08 Å². The fourth-order valence-electron chi connectivity index (χ4n) is 1.15. The third kappa shape index (κ3) is 4.98. The Balaban J connectivity index is 2.72. The highest BCUT2D eigenvalue weighted by molar-refractivity contribution is 8.13. The lowest BCUT2D eigenvalue weighted by molar-refractivity contribution is -0.109. The number of benzene rings is 1. The van der Waals surface area contributed by atoms with E-state index in [1.807, 2.05) is 29.7 Å². The number of carbonyl (C=O) groups is 1. The first kappa shape index (κ1) is 13.7. The Bertz CT molecular complexity index is 478. The average molecular weight is 264 g/mol. The molecule has 0 unspecified atom stereocenters. The van der Waals surface area contributed by atoms with Gasteiger partial charge in [-0.05, 0) is 35.5 Å². The van der Waals surface area contributed by atoms with Gasteiger partial charge in [0.15, 0.2) is 5.12 Å². The van der Waals surface area contributed by atoms with E-state index in [4.69, 9.17) is 11.0 Å². The highest BCUT2D eigenvalue weighted by Gasteiger charge is 1.98. The Morgan fingerprint density at radius 1 is 1.59 bits per heavy atom. The van der Waals surface area contributed by atoms with Gasteiger partial charge in [0.05, 0.1) is 0 Å². The minimum absolute atomic E-state index is 0.0939. The number of nitrogens with zero attached hydrogens (tertiary/aromatic N) is 1. The van der Waals surface area contributed by atoms with Crippen molar-refractivity contribution in [3.63, 3.8) is 0 Å². The molecule has 0 atom stereocenters. The lowest BCUT2D eigenvalue weighted by Gasteiger charge is -2.01. The maximum atomic E-state index is 10.7. The fourth-order valence-corrected chi connectivity index (χ4v) is 2.01. The zero-order chi connectivity index (χ0) is 12.7. The first-order valence-corrected chi connectivity index (χ1v) is 6.69. The molecule has 0 saturated carbocycles. The highest BCUT2D eigenvalue weighted by atomic mass is 32.2. The monoisotopic (exact) mass is 264 g/mol. The van der Waals surface area contributed by atoms with E-state index in [0.717, 1.165) is 22.2 Å². The van der Waals surface area contributed by atoms with E-state index in [2.05, 4.69) is 0 Å². The van der Waals surface area contributed by atoms with Crippen molar-refractivity contribution < 1.29 is 4.79 Å². The van der Waals surface area contributed by atoms with Crippen molar-refractivity contribution in [2.24, 2.45) is 0 Å². The third-order valence-electron chi connectivity index (χ3n) is 1.90. The normalized spacial score (nSPS) is 10.4. The molecule has 0 aliphatic rings. The second-order valence-electron chi connectivity index (χ2n) is 3.19. The van der Waals surface area contributed by atoms with E-state index < -0.39 is 0 Å². The van der Waals surface area contributed by atoms with Crippen molar-refractivity contribution in [1.29, 1.82) is 5.26 Å². The van der Waals surface area contributed by atoms with Crippen LogP contribution in [0.4, 0.5) is 5.69 Å². The number of carbonyl (C=O) groups excluding carboxylic acids is 1. The second kappa shape index (κ2) is 7.05. The number of nitrogens with two attached hydrogens (primary N) is 1. The van der Waals surface area contributed by atoms with Crippen molar-refractivity contribution in [3.8, 4) is 5.40 Å². The van der Waals surface area contributed by atoms with Crippen LogP contribution in [0.2, 0.25) is 0 Å². The summed E-state index contributed by atoms with van der Waals surface area (Å²) in [5.74, 6) is 0.629. The van der Waals surface area contributed by atoms with Crippen molar-refractivity contribution >= 4 is 40.4 Å². The number of hydrogen-bond acceptors (Lipinski definition) is 5. The molecular formula is C12H12N2OS2. The molecule has 0 aliphatic heterocycles. The van der Waals surface area contributed by atoms with E-state index in [9.17, 15) is 4.79 Å². The molecule has 1 aromatic carbocycles. The minimum atomic E-state index is 0.0939. The van der Waals surface area contributed by atoms with Crippen LogP contribution < -0.4 is 5.73 Å². The van der Waals surface area contributed by atoms with Crippen LogP contribution >= 0.6 is 23.5 Å². The van der Waals surface area contributed by atoms with Crippen LogP contribution in [0.15, 0.2) is 29.2 Å². The van der Waals surface area contributed by atoms with Crippen LogP contribution in [-0.2, 0) is 4.79 Å². The van der Waals surface area contributed by atoms with Gasteiger partial charge in [0.1, 0.15) is 5.40 Å². The summed E-state index contributed by atoms with van der Waals surface area (Å²) >= 11 is 2.35. The van der Waals surface area contributed by atoms with Gasteiger partial charge in [-0.3, -0.25) is 4.79 Å². The number of nitrogen functional groups attached to an aromatic ring is 1. The summed E-state index contributed by atoms with van der Waals surface area (Å²) in [4.78, 5) is 11.6. The van der Waals surface area contributed by atoms with E-state index in [-0.39, 0.29) is 5.12 Å². The summed E-state index contributed by atoms with van der Waals surface area (Å²) in [6.07, 6.45) is 3.76. The summed E-state index contributed by atoms with van der Waals surface area (Å²) in [5, 5.41) is 10.7. The molecular weight excluding hydrogens is 252 g/mol. The van der Waals surface area contributed by atoms with Crippen LogP contribution in [0.5, 0.6) is 0 Å². The maximum absolute atomic E-state index is 10.7. The molecule has 17 heavy (non-hydrogen) atoms. The van der Waals surface area contributed by atoms with Gasteiger partial charge in [0.2, 0.25) is 0 Å². The van der Waals surface area contributed by atoms with E-state index >= 15 is 0 Å². The van der Waals surface area contributed by atoms with Crippen LogP contribution in [-0.4, -0.2) is 10.9 Å². The molecule has 0 heterocycles. The van der Waals surface area contributed by atoms with Crippen LogP contribution in [0.3, 0.4) is 0 Å². The van der Waals surface area contributed by atoms with Crippen molar-refractivity contribution in [2.45, 2.75) is 11.8 Å². The molecule has 3 nitrogen and oxygen atoms in total. The van der Waals surface area contributed by atoms with Gasteiger partial charge < -0.3 is 5.73 Å². The summed E-state index contributed by atoms with van der Waals surface area (Å²) < 4.78 is 0. The summed E-state index contributed by atoms with van der Waals surface area (Å²) in [7, 11) is 0. The zero-order valence-electron chi connectivity index (χ0n) is 9.34. The van der Waals surface area contributed by atoms with Crippen LogP contribution in [0.1, 0.15) is 12.5 Å². The number of thioether (sulfide) groups is 2. The molecule has 0 saturated heterocycles. The first-order chi connectivity index (χ1) is 8.13. The SMILES string of the molecule is CC(=O)SCC=Cc1cc(SC#N)ccc1N. The van der Waals surface area contributed by atoms with E-state index in [1.165, 1.54) is 18.7 Å². The standard InChI is InChI=1S/C12H12N2OS2/c1-9(15)16-6-2-3-10-7-11(17-8-13)4-5-12(10)14/h2-5,7H,6,14H2,1H3. The molecule has 0 spiro atoms. The van der Waals surface area contributed by atoms with Gasteiger partial charge in [-0.25, -0.2) is 0 Å². The second-order valence-corrected chi connectivity index (χ2v) is 5.24. The van der Waals surface area contributed by atoms with Gasteiger partial charge in [0.25, 0.3) is 0 Å². The molecule has 88 valence electrons.